The molecule has 0 saturated carbocycles. The van der Waals surface area contributed by atoms with Crippen LogP contribution < -0.4 is 9.47 Å². The van der Waals surface area contributed by atoms with E-state index in [4.69, 9.17) is 9.47 Å². The second-order valence-corrected chi connectivity index (χ2v) is 4.14. The highest BCUT2D eigenvalue weighted by Gasteiger charge is 2.07. The quantitative estimate of drug-likeness (QED) is 0.814. The van der Waals surface area contributed by atoms with Crippen molar-refractivity contribution in [1.29, 1.82) is 0 Å². The highest BCUT2D eigenvalue weighted by atomic mass is 32.1. The number of aromatic nitrogens is 1. The van der Waals surface area contributed by atoms with E-state index in [0.717, 1.165) is 28.5 Å². The van der Waals surface area contributed by atoms with E-state index >= 15 is 0 Å². The molecule has 0 saturated heterocycles. The Hall–Kier alpha value is -1.55. The smallest absolute Gasteiger partial charge is 0.126 e. The number of hydrogen-bond donors (Lipinski definition) is 0. The number of ether oxygens (including phenoxy) is 2. The van der Waals surface area contributed by atoms with Crippen molar-refractivity contribution in [2.24, 2.45) is 0 Å². The van der Waals surface area contributed by atoms with Crippen LogP contribution in [0.5, 0.6) is 11.5 Å². The lowest BCUT2D eigenvalue weighted by Crippen LogP contribution is -1.94. The zero-order chi connectivity index (χ0) is 11.4. The molecule has 0 N–H and O–H groups in total. The van der Waals surface area contributed by atoms with Crippen LogP contribution >= 0.6 is 11.3 Å². The van der Waals surface area contributed by atoms with Crippen LogP contribution in [0.4, 0.5) is 0 Å². The van der Waals surface area contributed by atoms with Gasteiger partial charge in [-0.05, 0) is 6.07 Å². The van der Waals surface area contributed by atoms with Gasteiger partial charge in [-0.1, -0.05) is 6.07 Å². The fraction of sp³-hybridized carbons (Fsp3) is 0.250. The topological polar surface area (TPSA) is 31.4 Å². The van der Waals surface area contributed by atoms with Crippen molar-refractivity contribution in [3.05, 3.63) is 40.3 Å². The first-order chi connectivity index (χ1) is 7.83. The number of rotatable bonds is 4. The van der Waals surface area contributed by atoms with Gasteiger partial charge in [0.05, 0.1) is 24.6 Å². The van der Waals surface area contributed by atoms with Gasteiger partial charge in [-0.2, -0.15) is 0 Å². The average Bonchev–Trinajstić information content (AvgIpc) is 2.82. The summed E-state index contributed by atoms with van der Waals surface area (Å²) in [7, 11) is 3.30. The second-order valence-electron chi connectivity index (χ2n) is 3.23. The van der Waals surface area contributed by atoms with Crippen LogP contribution in [0.25, 0.3) is 0 Å². The van der Waals surface area contributed by atoms with Crippen LogP contribution in [0, 0.1) is 5.38 Å². The molecule has 0 aliphatic rings. The summed E-state index contributed by atoms with van der Waals surface area (Å²) < 4.78 is 10.5. The van der Waals surface area contributed by atoms with Gasteiger partial charge >= 0.3 is 0 Å². The van der Waals surface area contributed by atoms with Crippen molar-refractivity contribution >= 4 is 11.3 Å². The van der Waals surface area contributed by atoms with Gasteiger partial charge in [0, 0.05) is 24.2 Å². The normalized spacial score (nSPS) is 10.1. The zero-order valence-corrected chi connectivity index (χ0v) is 10.0. The molecule has 4 heteroatoms. The lowest BCUT2D eigenvalue weighted by Gasteiger charge is -2.09. The Kier molecular flexibility index (Phi) is 3.41. The fourth-order valence-electron chi connectivity index (χ4n) is 1.46. The SMILES string of the molecule is COc1ccc(Cc2nc[c]s2)c(OC)c1. The van der Waals surface area contributed by atoms with E-state index in [1.165, 1.54) is 11.3 Å². The van der Waals surface area contributed by atoms with Gasteiger partial charge in [-0.25, -0.2) is 4.98 Å². The van der Waals surface area contributed by atoms with Gasteiger partial charge in [-0.15, -0.1) is 11.3 Å². The Bertz CT molecular complexity index is 454. The minimum atomic E-state index is 0.765. The Balaban J connectivity index is 2.26. The number of benzene rings is 1. The van der Waals surface area contributed by atoms with E-state index in [1.807, 2.05) is 18.2 Å². The van der Waals surface area contributed by atoms with E-state index in [2.05, 4.69) is 10.4 Å². The average molecular weight is 234 g/mol. The van der Waals surface area contributed by atoms with Crippen molar-refractivity contribution < 1.29 is 9.47 Å². The Morgan fingerprint density at radius 2 is 2.19 bits per heavy atom. The van der Waals surface area contributed by atoms with Crippen LogP contribution in [0.3, 0.4) is 0 Å². The first-order valence-corrected chi connectivity index (χ1v) is 5.67. The molecule has 0 spiro atoms. The first-order valence-electron chi connectivity index (χ1n) is 4.85. The molecule has 0 bridgehead atoms. The highest BCUT2D eigenvalue weighted by molar-refractivity contribution is 7.09. The number of nitrogens with zero attached hydrogens (tertiary/aromatic N) is 1. The summed E-state index contributed by atoms with van der Waals surface area (Å²) in [5, 5.41) is 4.01. The summed E-state index contributed by atoms with van der Waals surface area (Å²) in [4.78, 5) is 4.21. The molecule has 2 aromatic rings. The lowest BCUT2D eigenvalue weighted by molar-refractivity contribution is 0.391. The maximum atomic E-state index is 5.32. The van der Waals surface area contributed by atoms with Gasteiger partial charge in [-0.3, -0.25) is 0 Å². The van der Waals surface area contributed by atoms with Crippen molar-refractivity contribution in [2.45, 2.75) is 6.42 Å². The third-order valence-corrected chi connectivity index (χ3v) is 2.98. The first kappa shape index (κ1) is 11.0. The summed E-state index contributed by atoms with van der Waals surface area (Å²) in [5.41, 5.74) is 1.10. The third-order valence-electron chi connectivity index (χ3n) is 2.27. The molecular weight excluding hydrogens is 222 g/mol. The molecule has 0 amide bonds. The van der Waals surface area contributed by atoms with E-state index in [1.54, 1.807) is 20.4 Å². The largest absolute Gasteiger partial charge is 0.497 e. The standard InChI is InChI=1S/C12H12NO2S/c1-14-10-4-3-9(11(8-10)15-2)7-12-13-5-6-16-12/h3-5,8H,7H2,1-2H3. The molecule has 0 aliphatic carbocycles. The van der Waals surface area contributed by atoms with E-state index in [-0.39, 0.29) is 0 Å². The molecule has 1 radical (unpaired) electrons. The van der Waals surface area contributed by atoms with Gasteiger partial charge in [0.1, 0.15) is 11.5 Å². The monoisotopic (exact) mass is 234 g/mol. The van der Waals surface area contributed by atoms with Gasteiger partial charge in [0.25, 0.3) is 0 Å². The molecule has 0 fully saturated rings. The minimum Gasteiger partial charge on any atom is -0.497 e. The fourth-order valence-corrected chi connectivity index (χ4v) is 2.04. The summed E-state index contributed by atoms with van der Waals surface area (Å²) in [6.07, 6.45) is 2.46. The highest BCUT2D eigenvalue weighted by Crippen LogP contribution is 2.26. The summed E-state index contributed by atoms with van der Waals surface area (Å²) in [6.45, 7) is 0. The molecule has 0 unspecified atom stereocenters. The zero-order valence-electron chi connectivity index (χ0n) is 9.19. The predicted molar refractivity (Wildman–Crippen MR) is 63.3 cm³/mol. The maximum absolute atomic E-state index is 5.32. The molecule has 1 aromatic heterocycles. The van der Waals surface area contributed by atoms with Crippen LogP contribution in [-0.4, -0.2) is 19.2 Å². The Morgan fingerprint density at radius 3 is 2.81 bits per heavy atom. The number of methoxy groups -OCH3 is 2. The maximum Gasteiger partial charge on any atom is 0.126 e. The molecule has 2 rings (SSSR count). The van der Waals surface area contributed by atoms with Crippen molar-refractivity contribution in [1.82, 2.24) is 4.98 Å². The van der Waals surface area contributed by atoms with Crippen LogP contribution in [0.1, 0.15) is 10.6 Å². The van der Waals surface area contributed by atoms with E-state index < -0.39 is 0 Å². The van der Waals surface area contributed by atoms with Gasteiger partial charge in [0.2, 0.25) is 0 Å². The van der Waals surface area contributed by atoms with E-state index in [9.17, 15) is 0 Å². The second kappa shape index (κ2) is 4.99. The number of thiazole rings is 1. The van der Waals surface area contributed by atoms with Crippen molar-refractivity contribution in [3.63, 3.8) is 0 Å². The Morgan fingerprint density at radius 1 is 1.31 bits per heavy atom. The van der Waals surface area contributed by atoms with Crippen LogP contribution in [0.2, 0.25) is 0 Å². The van der Waals surface area contributed by atoms with Crippen LogP contribution in [-0.2, 0) is 6.42 Å². The van der Waals surface area contributed by atoms with Crippen molar-refractivity contribution in [3.8, 4) is 11.5 Å². The lowest BCUT2D eigenvalue weighted by atomic mass is 10.1. The molecule has 0 aliphatic heterocycles. The third kappa shape index (κ3) is 2.33. The Labute approximate surface area is 98.7 Å². The van der Waals surface area contributed by atoms with Gasteiger partial charge in [0.15, 0.2) is 0 Å². The van der Waals surface area contributed by atoms with Gasteiger partial charge < -0.3 is 9.47 Å². The molecule has 0 atom stereocenters. The van der Waals surface area contributed by atoms with Crippen LogP contribution in [0.15, 0.2) is 24.4 Å². The summed E-state index contributed by atoms with van der Waals surface area (Å²) in [5.74, 6) is 1.63. The van der Waals surface area contributed by atoms with E-state index in [0.29, 0.717) is 0 Å². The van der Waals surface area contributed by atoms with Crippen molar-refractivity contribution in [2.75, 3.05) is 14.2 Å². The molecule has 83 valence electrons. The predicted octanol–water partition coefficient (Wildman–Crippen LogP) is 2.55. The molecule has 1 heterocycles. The number of hydrogen-bond acceptors (Lipinski definition) is 4. The minimum absolute atomic E-state index is 0.765. The molecule has 3 nitrogen and oxygen atoms in total. The molecular formula is C12H12NO2S. The summed E-state index contributed by atoms with van der Waals surface area (Å²) >= 11 is 1.52. The summed E-state index contributed by atoms with van der Waals surface area (Å²) in [6, 6.07) is 5.81. The molecule has 1 aromatic carbocycles. The molecule has 16 heavy (non-hydrogen) atoms.